The van der Waals surface area contributed by atoms with Gasteiger partial charge < -0.3 is 14.2 Å². The van der Waals surface area contributed by atoms with Crippen LogP contribution in [0.5, 0.6) is 5.88 Å². The van der Waals surface area contributed by atoms with Crippen LogP contribution in [-0.4, -0.2) is 37.2 Å². The maximum absolute atomic E-state index is 11.9. The largest absolute Gasteiger partial charge is 0.481 e. The summed E-state index contributed by atoms with van der Waals surface area (Å²) in [5.41, 5.74) is 0.748. The van der Waals surface area contributed by atoms with Gasteiger partial charge in [-0.1, -0.05) is 13.3 Å². The number of carbonyl (C=O) groups excluding carboxylic acids is 2. The second kappa shape index (κ2) is 9.55. The zero-order valence-corrected chi connectivity index (χ0v) is 13.1. The van der Waals surface area contributed by atoms with Gasteiger partial charge in [-0.2, -0.15) is 0 Å². The molecule has 0 unspecified atom stereocenters. The highest BCUT2D eigenvalue weighted by molar-refractivity contribution is 5.96. The molecule has 1 heterocycles. The number of unbranched alkanes of at least 4 members (excludes halogenated alkanes) is 1. The number of carbonyl (C=O) groups is 2. The maximum Gasteiger partial charge on any atom is 0.338 e. The predicted molar refractivity (Wildman–Crippen MR) is 81.6 cm³/mol. The lowest BCUT2D eigenvalue weighted by atomic mass is 10.1. The number of rotatable bonds is 8. The first kappa shape index (κ1) is 17.7. The van der Waals surface area contributed by atoms with Gasteiger partial charge in [-0.05, 0) is 19.4 Å². The van der Waals surface area contributed by atoms with Crippen molar-refractivity contribution in [3.8, 4) is 5.88 Å². The fourth-order valence-electron chi connectivity index (χ4n) is 1.60. The number of ether oxygens (including phenoxy) is 3. The molecule has 0 aliphatic heterocycles. The zero-order chi connectivity index (χ0) is 16.4. The van der Waals surface area contributed by atoms with Gasteiger partial charge in [0.25, 0.3) is 0 Å². The normalized spacial score (nSPS) is 10.5. The fraction of sp³-hybridized carbons (Fsp3) is 0.438. The summed E-state index contributed by atoms with van der Waals surface area (Å²) < 4.78 is 15.0. The van der Waals surface area contributed by atoms with E-state index in [4.69, 9.17) is 14.2 Å². The number of aromatic nitrogens is 1. The van der Waals surface area contributed by atoms with E-state index in [0.29, 0.717) is 18.1 Å². The third-order valence-corrected chi connectivity index (χ3v) is 2.76. The smallest absolute Gasteiger partial charge is 0.338 e. The average molecular weight is 307 g/mol. The molecule has 0 bridgehead atoms. The Hall–Kier alpha value is -2.37. The van der Waals surface area contributed by atoms with E-state index in [-0.39, 0.29) is 12.2 Å². The van der Waals surface area contributed by atoms with E-state index in [1.807, 2.05) is 6.92 Å². The number of nitrogens with zero attached hydrogens (tertiary/aromatic N) is 1. The molecule has 0 spiro atoms. The van der Waals surface area contributed by atoms with Crippen LogP contribution in [0.2, 0.25) is 0 Å². The zero-order valence-electron chi connectivity index (χ0n) is 13.1. The van der Waals surface area contributed by atoms with Crippen molar-refractivity contribution in [3.63, 3.8) is 0 Å². The van der Waals surface area contributed by atoms with E-state index in [9.17, 15) is 9.59 Å². The second-order valence-corrected chi connectivity index (χ2v) is 4.39. The van der Waals surface area contributed by atoms with Crippen molar-refractivity contribution in [2.75, 3.05) is 20.3 Å². The summed E-state index contributed by atoms with van der Waals surface area (Å²) in [4.78, 5) is 27.5. The number of methoxy groups -OCH3 is 1. The van der Waals surface area contributed by atoms with Crippen molar-refractivity contribution in [3.05, 3.63) is 29.5 Å². The lowest BCUT2D eigenvalue weighted by Crippen LogP contribution is -2.08. The van der Waals surface area contributed by atoms with Gasteiger partial charge in [-0.15, -0.1) is 0 Å². The molecule has 120 valence electrons. The highest BCUT2D eigenvalue weighted by Crippen LogP contribution is 2.17. The minimum absolute atomic E-state index is 0.256. The standard InChI is InChI=1S/C16H21NO5/c1-4-6-9-22-15(18)8-7-12-11-17-14(20-3)10-13(12)16(19)21-5-2/h7-8,10-11H,4-6,9H2,1-3H3. The molecule has 0 saturated heterocycles. The van der Waals surface area contributed by atoms with Gasteiger partial charge in [0.05, 0.1) is 25.9 Å². The van der Waals surface area contributed by atoms with Crippen LogP contribution in [0.1, 0.15) is 42.6 Å². The SMILES string of the molecule is CCCCOC(=O)C=Cc1cnc(OC)cc1C(=O)OCC. The molecule has 6 nitrogen and oxygen atoms in total. The molecule has 0 N–H and O–H groups in total. The first-order valence-corrected chi connectivity index (χ1v) is 7.18. The van der Waals surface area contributed by atoms with Gasteiger partial charge in [0.1, 0.15) is 0 Å². The molecule has 0 aromatic carbocycles. The van der Waals surface area contributed by atoms with Gasteiger partial charge in [-0.25, -0.2) is 14.6 Å². The van der Waals surface area contributed by atoms with Crippen LogP contribution in [0.25, 0.3) is 6.08 Å². The molecule has 0 fully saturated rings. The van der Waals surface area contributed by atoms with Crippen molar-refractivity contribution in [1.82, 2.24) is 4.98 Å². The number of esters is 2. The topological polar surface area (TPSA) is 74.7 Å². The minimum Gasteiger partial charge on any atom is -0.481 e. The molecule has 0 atom stereocenters. The van der Waals surface area contributed by atoms with Crippen molar-refractivity contribution in [2.45, 2.75) is 26.7 Å². The van der Waals surface area contributed by atoms with Crippen LogP contribution in [0.4, 0.5) is 0 Å². The molecule has 0 aliphatic rings. The van der Waals surface area contributed by atoms with E-state index >= 15 is 0 Å². The molecule has 0 amide bonds. The van der Waals surface area contributed by atoms with Gasteiger partial charge in [0.2, 0.25) is 5.88 Å². The summed E-state index contributed by atoms with van der Waals surface area (Å²) in [6.45, 7) is 4.37. The van der Waals surface area contributed by atoms with Crippen LogP contribution < -0.4 is 4.74 Å². The Labute approximate surface area is 130 Å². The predicted octanol–water partition coefficient (Wildman–Crippen LogP) is 2.62. The van der Waals surface area contributed by atoms with E-state index < -0.39 is 11.9 Å². The van der Waals surface area contributed by atoms with Gasteiger partial charge in [0.15, 0.2) is 0 Å². The molecular weight excluding hydrogens is 286 g/mol. The Morgan fingerprint density at radius 1 is 1.27 bits per heavy atom. The average Bonchev–Trinajstić information content (AvgIpc) is 2.53. The van der Waals surface area contributed by atoms with Crippen LogP contribution in [0.15, 0.2) is 18.3 Å². The Bertz CT molecular complexity index is 539. The Morgan fingerprint density at radius 2 is 2.05 bits per heavy atom. The fourth-order valence-corrected chi connectivity index (χ4v) is 1.60. The quantitative estimate of drug-likeness (QED) is 0.417. The highest BCUT2D eigenvalue weighted by atomic mass is 16.5. The summed E-state index contributed by atoms with van der Waals surface area (Å²) in [6.07, 6.45) is 5.96. The first-order valence-electron chi connectivity index (χ1n) is 7.18. The van der Waals surface area contributed by atoms with Crippen molar-refractivity contribution >= 4 is 18.0 Å². The third-order valence-electron chi connectivity index (χ3n) is 2.76. The molecule has 0 aliphatic carbocycles. The molecule has 6 heteroatoms. The van der Waals surface area contributed by atoms with Crippen molar-refractivity contribution in [2.24, 2.45) is 0 Å². The van der Waals surface area contributed by atoms with Crippen LogP contribution >= 0.6 is 0 Å². The molecule has 1 rings (SSSR count). The Kier molecular flexibility index (Phi) is 7.67. The minimum atomic E-state index is -0.498. The summed E-state index contributed by atoms with van der Waals surface area (Å²) in [5, 5.41) is 0. The van der Waals surface area contributed by atoms with Crippen LogP contribution in [0.3, 0.4) is 0 Å². The van der Waals surface area contributed by atoms with E-state index in [1.54, 1.807) is 6.92 Å². The first-order chi connectivity index (χ1) is 10.6. The summed E-state index contributed by atoms with van der Waals surface area (Å²) in [6, 6.07) is 1.47. The maximum atomic E-state index is 11.9. The van der Waals surface area contributed by atoms with Crippen molar-refractivity contribution in [1.29, 1.82) is 0 Å². The summed E-state index contributed by atoms with van der Waals surface area (Å²) >= 11 is 0. The molecule has 0 radical (unpaired) electrons. The van der Waals surface area contributed by atoms with E-state index in [0.717, 1.165) is 12.8 Å². The van der Waals surface area contributed by atoms with Crippen LogP contribution in [0, 0.1) is 0 Å². The number of hydrogen-bond donors (Lipinski definition) is 0. The second-order valence-electron chi connectivity index (χ2n) is 4.39. The molecule has 1 aromatic heterocycles. The Balaban J connectivity index is 2.88. The third kappa shape index (κ3) is 5.55. The van der Waals surface area contributed by atoms with Gasteiger partial charge >= 0.3 is 11.9 Å². The molecule has 0 saturated carbocycles. The molecule has 22 heavy (non-hydrogen) atoms. The molecule has 1 aromatic rings. The van der Waals surface area contributed by atoms with Gasteiger partial charge in [0, 0.05) is 23.9 Å². The van der Waals surface area contributed by atoms with Crippen LogP contribution in [-0.2, 0) is 14.3 Å². The van der Waals surface area contributed by atoms with Gasteiger partial charge in [-0.3, -0.25) is 0 Å². The van der Waals surface area contributed by atoms with E-state index in [1.165, 1.54) is 31.5 Å². The summed E-state index contributed by atoms with van der Waals surface area (Å²) in [5.74, 6) is -0.660. The lowest BCUT2D eigenvalue weighted by Gasteiger charge is -2.07. The summed E-state index contributed by atoms with van der Waals surface area (Å²) in [7, 11) is 1.46. The monoisotopic (exact) mass is 307 g/mol. The lowest BCUT2D eigenvalue weighted by molar-refractivity contribution is -0.137. The Morgan fingerprint density at radius 3 is 2.68 bits per heavy atom. The molecular formula is C16H21NO5. The van der Waals surface area contributed by atoms with E-state index in [2.05, 4.69) is 4.98 Å². The number of pyridine rings is 1. The highest BCUT2D eigenvalue weighted by Gasteiger charge is 2.13. The number of hydrogen-bond acceptors (Lipinski definition) is 6. The van der Waals surface area contributed by atoms with Crippen molar-refractivity contribution < 1.29 is 23.8 Å².